The smallest absolute Gasteiger partial charge is 0.238 e. The summed E-state index contributed by atoms with van der Waals surface area (Å²) in [6.45, 7) is 1.90. The van der Waals surface area contributed by atoms with Crippen LogP contribution in [0.25, 0.3) is 0 Å². The van der Waals surface area contributed by atoms with Crippen molar-refractivity contribution in [3.05, 3.63) is 30.1 Å². The number of rotatable bonds is 2. The SMILES string of the molecule is Cc1cc(Oc2ccnc(N)c2)n[nH]1. The molecule has 0 aliphatic carbocycles. The van der Waals surface area contributed by atoms with Gasteiger partial charge in [0.1, 0.15) is 11.6 Å². The number of pyridine rings is 1. The summed E-state index contributed by atoms with van der Waals surface area (Å²) >= 11 is 0. The number of hydrogen-bond donors (Lipinski definition) is 2. The van der Waals surface area contributed by atoms with Gasteiger partial charge in [0.25, 0.3) is 0 Å². The number of aromatic amines is 1. The molecule has 0 fully saturated rings. The first kappa shape index (κ1) is 8.55. The Labute approximate surface area is 80.9 Å². The molecule has 0 bridgehead atoms. The van der Waals surface area contributed by atoms with E-state index in [1.807, 2.05) is 6.92 Å². The maximum absolute atomic E-state index is 5.50. The number of nitrogens with one attached hydrogen (secondary N) is 1. The van der Waals surface area contributed by atoms with E-state index in [9.17, 15) is 0 Å². The van der Waals surface area contributed by atoms with E-state index in [4.69, 9.17) is 10.5 Å². The minimum absolute atomic E-state index is 0.426. The zero-order valence-corrected chi connectivity index (χ0v) is 7.69. The van der Waals surface area contributed by atoms with E-state index in [1.165, 1.54) is 0 Å². The highest BCUT2D eigenvalue weighted by Crippen LogP contribution is 2.20. The predicted octanol–water partition coefficient (Wildman–Crippen LogP) is 1.49. The number of nitrogen functional groups attached to an aromatic ring is 1. The fourth-order valence-corrected chi connectivity index (χ4v) is 1.06. The van der Waals surface area contributed by atoms with E-state index in [-0.39, 0.29) is 0 Å². The number of aromatic nitrogens is 3. The van der Waals surface area contributed by atoms with E-state index in [0.717, 1.165) is 5.69 Å². The molecule has 14 heavy (non-hydrogen) atoms. The molecule has 0 amide bonds. The Bertz CT molecular complexity index is 438. The molecule has 72 valence electrons. The van der Waals surface area contributed by atoms with Gasteiger partial charge in [-0.05, 0) is 13.0 Å². The lowest BCUT2D eigenvalue weighted by molar-refractivity contribution is 0.461. The average molecular weight is 190 g/mol. The van der Waals surface area contributed by atoms with Crippen LogP contribution in [-0.4, -0.2) is 15.2 Å². The summed E-state index contributed by atoms with van der Waals surface area (Å²) in [5.41, 5.74) is 6.44. The third-order valence-corrected chi connectivity index (χ3v) is 1.66. The first-order valence-corrected chi connectivity index (χ1v) is 4.15. The van der Waals surface area contributed by atoms with Gasteiger partial charge in [0, 0.05) is 24.0 Å². The number of nitrogens with zero attached hydrogens (tertiary/aromatic N) is 2. The first-order valence-electron chi connectivity index (χ1n) is 4.15. The summed E-state index contributed by atoms with van der Waals surface area (Å²) in [6.07, 6.45) is 1.59. The molecule has 0 radical (unpaired) electrons. The van der Waals surface area contributed by atoms with Crippen molar-refractivity contribution >= 4 is 5.82 Å². The van der Waals surface area contributed by atoms with Crippen LogP contribution in [0.3, 0.4) is 0 Å². The number of anilines is 1. The van der Waals surface area contributed by atoms with Crippen molar-refractivity contribution in [2.45, 2.75) is 6.92 Å². The zero-order valence-electron chi connectivity index (χ0n) is 7.69. The molecule has 0 spiro atoms. The Morgan fingerprint density at radius 2 is 2.29 bits per heavy atom. The van der Waals surface area contributed by atoms with Crippen molar-refractivity contribution in [3.63, 3.8) is 0 Å². The molecular weight excluding hydrogens is 180 g/mol. The maximum atomic E-state index is 5.50. The van der Waals surface area contributed by atoms with Crippen LogP contribution in [0, 0.1) is 6.92 Å². The molecule has 0 saturated carbocycles. The highest BCUT2D eigenvalue weighted by atomic mass is 16.5. The Morgan fingerprint density at radius 1 is 1.43 bits per heavy atom. The average Bonchev–Trinajstić information content (AvgIpc) is 2.51. The Kier molecular flexibility index (Phi) is 2.06. The van der Waals surface area contributed by atoms with Crippen LogP contribution < -0.4 is 10.5 Å². The van der Waals surface area contributed by atoms with Crippen LogP contribution >= 0.6 is 0 Å². The second kappa shape index (κ2) is 3.37. The fraction of sp³-hybridized carbons (Fsp3) is 0.111. The van der Waals surface area contributed by atoms with Gasteiger partial charge in [0.2, 0.25) is 5.88 Å². The zero-order chi connectivity index (χ0) is 9.97. The van der Waals surface area contributed by atoms with Gasteiger partial charge in [-0.2, -0.15) is 0 Å². The van der Waals surface area contributed by atoms with E-state index in [2.05, 4.69) is 15.2 Å². The second-order valence-corrected chi connectivity index (χ2v) is 2.91. The van der Waals surface area contributed by atoms with Gasteiger partial charge < -0.3 is 10.5 Å². The minimum atomic E-state index is 0.426. The van der Waals surface area contributed by atoms with E-state index in [0.29, 0.717) is 17.4 Å². The topological polar surface area (TPSA) is 76.8 Å². The largest absolute Gasteiger partial charge is 0.437 e. The van der Waals surface area contributed by atoms with Crippen molar-refractivity contribution < 1.29 is 4.74 Å². The summed E-state index contributed by atoms with van der Waals surface area (Å²) in [6, 6.07) is 5.17. The monoisotopic (exact) mass is 190 g/mol. The van der Waals surface area contributed by atoms with Gasteiger partial charge in [0.05, 0.1) is 0 Å². The molecule has 5 heteroatoms. The Morgan fingerprint density at radius 3 is 2.93 bits per heavy atom. The Balaban J connectivity index is 2.18. The van der Waals surface area contributed by atoms with Gasteiger partial charge in [0.15, 0.2) is 0 Å². The van der Waals surface area contributed by atoms with Gasteiger partial charge >= 0.3 is 0 Å². The summed E-state index contributed by atoms with van der Waals surface area (Å²) in [7, 11) is 0. The first-order chi connectivity index (χ1) is 6.74. The van der Waals surface area contributed by atoms with Crippen LogP contribution in [0.5, 0.6) is 11.6 Å². The van der Waals surface area contributed by atoms with Crippen molar-refractivity contribution in [3.8, 4) is 11.6 Å². The quantitative estimate of drug-likeness (QED) is 0.752. The van der Waals surface area contributed by atoms with E-state index in [1.54, 1.807) is 24.4 Å². The number of hydrogen-bond acceptors (Lipinski definition) is 4. The summed E-state index contributed by atoms with van der Waals surface area (Å²) < 4.78 is 5.42. The van der Waals surface area contributed by atoms with Gasteiger partial charge in [-0.15, -0.1) is 5.10 Å². The Hall–Kier alpha value is -2.04. The fourth-order valence-electron chi connectivity index (χ4n) is 1.06. The molecule has 2 aromatic heterocycles. The van der Waals surface area contributed by atoms with Crippen LogP contribution in [0.15, 0.2) is 24.4 Å². The normalized spacial score (nSPS) is 10.1. The maximum Gasteiger partial charge on any atom is 0.238 e. The molecule has 2 rings (SSSR count). The molecule has 3 N–H and O–H groups in total. The van der Waals surface area contributed by atoms with Crippen molar-refractivity contribution in [2.24, 2.45) is 0 Å². The summed E-state index contributed by atoms with van der Waals surface area (Å²) in [5, 5.41) is 6.71. The van der Waals surface area contributed by atoms with Crippen molar-refractivity contribution in [2.75, 3.05) is 5.73 Å². The third kappa shape index (κ3) is 1.82. The summed E-state index contributed by atoms with van der Waals surface area (Å²) in [5.74, 6) is 1.58. The molecule has 0 atom stereocenters. The third-order valence-electron chi connectivity index (χ3n) is 1.66. The lowest BCUT2D eigenvalue weighted by Crippen LogP contribution is -1.90. The lowest BCUT2D eigenvalue weighted by Gasteiger charge is -2.00. The molecule has 0 aromatic carbocycles. The van der Waals surface area contributed by atoms with Crippen LogP contribution in [0.2, 0.25) is 0 Å². The molecule has 0 saturated heterocycles. The van der Waals surface area contributed by atoms with Crippen LogP contribution in [0.4, 0.5) is 5.82 Å². The van der Waals surface area contributed by atoms with Crippen LogP contribution in [0.1, 0.15) is 5.69 Å². The molecule has 5 nitrogen and oxygen atoms in total. The molecule has 0 aliphatic heterocycles. The van der Waals surface area contributed by atoms with E-state index < -0.39 is 0 Å². The number of nitrogens with two attached hydrogens (primary N) is 1. The molecule has 2 heterocycles. The highest BCUT2D eigenvalue weighted by Gasteiger charge is 2.00. The van der Waals surface area contributed by atoms with Crippen LogP contribution in [-0.2, 0) is 0 Å². The molecule has 2 aromatic rings. The molecular formula is C9H10N4O. The predicted molar refractivity (Wildman–Crippen MR) is 52.0 cm³/mol. The number of H-pyrrole nitrogens is 1. The lowest BCUT2D eigenvalue weighted by atomic mass is 10.4. The summed E-state index contributed by atoms with van der Waals surface area (Å²) in [4.78, 5) is 3.86. The molecule has 0 aliphatic rings. The standard InChI is InChI=1S/C9H10N4O/c1-6-4-9(13-12-6)14-7-2-3-11-8(10)5-7/h2-5H,1H3,(H2,10,11)(H,12,13). The van der Waals surface area contributed by atoms with Gasteiger partial charge in [-0.3, -0.25) is 5.10 Å². The van der Waals surface area contributed by atoms with Gasteiger partial charge in [-0.25, -0.2) is 4.98 Å². The molecule has 0 unspecified atom stereocenters. The number of aryl methyl sites for hydroxylation is 1. The van der Waals surface area contributed by atoms with Gasteiger partial charge in [-0.1, -0.05) is 0 Å². The van der Waals surface area contributed by atoms with E-state index >= 15 is 0 Å². The highest BCUT2D eigenvalue weighted by molar-refractivity contribution is 5.37. The number of ether oxygens (including phenoxy) is 1. The second-order valence-electron chi connectivity index (χ2n) is 2.91. The minimum Gasteiger partial charge on any atom is -0.437 e. The van der Waals surface area contributed by atoms with Crippen molar-refractivity contribution in [1.82, 2.24) is 15.2 Å². The van der Waals surface area contributed by atoms with Crippen molar-refractivity contribution in [1.29, 1.82) is 0 Å².